The van der Waals surface area contributed by atoms with Gasteiger partial charge in [-0.1, -0.05) is 26.8 Å². The minimum absolute atomic E-state index is 0.0290. The van der Waals surface area contributed by atoms with Gasteiger partial charge >= 0.3 is 0 Å². The Bertz CT molecular complexity index is 1580. The summed E-state index contributed by atoms with van der Waals surface area (Å²) in [7, 11) is 0. The fraction of sp³-hybridized carbons (Fsp3) is 0.618. The van der Waals surface area contributed by atoms with Crippen molar-refractivity contribution in [3.05, 3.63) is 48.2 Å². The summed E-state index contributed by atoms with van der Waals surface area (Å²) in [6.45, 7) is 8.70. The van der Waals surface area contributed by atoms with Crippen molar-refractivity contribution >= 4 is 27.9 Å². The predicted molar refractivity (Wildman–Crippen MR) is 170 cm³/mol. The average Bonchev–Trinajstić information content (AvgIpc) is 3.39. The van der Waals surface area contributed by atoms with Crippen LogP contribution in [0.1, 0.15) is 83.1 Å². The number of aromatic amines is 1. The molecule has 4 aromatic rings. The van der Waals surface area contributed by atoms with Crippen LogP contribution in [0.15, 0.2) is 36.8 Å². The maximum absolute atomic E-state index is 11.2. The van der Waals surface area contributed by atoms with Gasteiger partial charge in [-0.05, 0) is 86.0 Å². The third-order valence-corrected chi connectivity index (χ3v) is 10.5. The monoisotopic (exact) mass is 585 g/mol. The summed E-state index contributed by atoms with van der Waals surface area (Å²) >= 11 is 0. The van der Waals surface area contributed by atoms with Gasteiger partial charge in [-0.15, -0.1) is 0 Å². The van der Waals surface area contributed by atoms with Crippen molar-refractivity contribution in [3.8, 4) is 0 Å². The molecule has 0 bridgehead atoms. The zero-order valence-corrected chi connectivity index (χ0v) is 25.8. The number of nitrogens with zero attached hydrogens (tertiary/aromatic N) is 5. The number of aromatic nitrogens is 5. The Labute approximate surface area is 253 Å². The van der Waals surface area contributed by atoms with Crippen molar-refractivity contribution in [1.29, 1.82) is 0 Å². The normalized spacial score (nSPS) is 27.9. The van der Waals surface area contributed by atoms with E-state index >= 15 is 0 Å². The number of aliphatic hydroxyl groups is 2. The molecule has 0 unspecified atom stereocenters. The first kappa shape index (κ1) is 28.7. The minimum atomic E-state index is -0.827. The molecule has 0 aliphatic heterocycles. The van der Waals surface area contributed by atoms with E-state index in [1.54, 1.807) is 0 Å². The molecule has 5 N–H and O–H groups in total. The number of fused-ring (bicyclic) bond motifs is 2. The highest BCUT2D eigenvalue weighted by Crippen LogP contribution is 2.42. The summed E-state index contributed by atoms with van der Waals surface area (Å²) < 4.78 is 1.98. The second kappa shape index (κ2) is 11.2. The van der Waals surface area contributed by atoms with Gasteiger partial charge in [0.15, 0.2) is 0 Å². The number of aliphatic hydroxyl groups excluding tert-OH is 2. The van der Waals surface area contributed by atoms with E-state index in [0.717, 1.165) is 72.1 Å². The van der Waals surface area contributed by atoms with Crippen LogP contribution in [0.4, 0.5) is 5.82 Å². The standard InChI is InChI=1S/C34H47N7O2/c1-34(2,3)23-9-10-26-27(16-23)39-29(38-26)6-4-5-21-13-24(14-21)40(17-20-7-8-20)18-22-15-28(31(43)30(22)42)41-12-11-25-32(35)36-19-37-33(25)41/h9-12,16,19-22,24,28,30-31,42-43H,4-8,13-15,17-18H2,1-3H3,(H,38,39)(H2,35,36,37)/t21?,22-,24?,28-,30-,31+/m1/s1. The summed E-state index contributed by atoms with van der Waals surface area (Å²) in [4.78, 5) is 19.6. The number of nitrogens with one attached hydrogen (secondary N) is 1. The molecule has 3 fully saturated rings. The number of hydrogen-bond acceptors (Lipinski definition) is 7. The lowest BCUT2D eigenvalue weighted by Gasteiger charge is -2.44. The first-order valence-corrected chi connectivity index (χ1v) is 16.3. The molecule has 230 valence electrons. The SMILES string of the molecule is CC(C)(C)c1ccc2nc(CCCC3CC(N(CC4CC4)C[C@H]4C[C@@H](n5ccc6c(N)ncnc65)[C@H](O)[C@@H]4O)C3)[nH]c2c1. The summed E-state index contributed by atoms with van der Waals surface area (Å²) in [5.74, 6) is 3.11. The van der Waals surface area contributed by atoms with E-state index in [1.807, 2.05) is 16.8 Å². The van der Waals surface area contributed by atoms with E-state index < -0.39 is 12.2 Å². The molecule has 0 spiro atoms. The number of aryl methyl sites for hydroxylation is 1. The van der Waals surface area contributed by atoms with Gasteiger partial charge in [-0.2, -0.15) is 0 Å². The van der Waals surface area contributed by atoms with E-state index in [0.29, 0.717) is 11.9 Å². The Hall–Kier alpha value is -3.01. The van der Waals surface area contributed by atoms with Gasteiger partial charge in [0.2, 0.25) is 0 Å². The molecule has 43 heavy (non-hydrogen) atoms. The highest BCUT2D eigenvalue weighted by atomic mass is 16.3. The Morgan fingerprint density at radius 1 is 1.02 bits per heavy atom. The van der Waals surface area contributed by atoms with Crippen molar-refractivity contribution in [2.45, 2.75) is 102 Å². The van der Waals surface area contributed by atoms with Gasteiger partial charge in [-0.25, -0.2) is 15.0 Å². The van der Waals surface area contributed by atoms with Gasteiger partial charge in [0, 0.05) is 37.7 Å². The Kier molecular flexibility index (Phi) is 7.46. The quantitative estimate of drug-likeness (QED) is 0.207. The van der Waals surface area contributed by atoms with Crippen LogP contribution in [0.2, 0.25) is 0 Å². The molecule has 4 atom stereocenters. The minimum Gasteiger partial charge on any atom is -0.390 e. The van der Waals surface area contributed by atoms with E-state index in [4.69, 9.17) is 10.7 Å². The van der Waals surface area contributed by atoms with E-state index in [9.17, 15) is 10.2 Å². The summed E-state index contributed by atoms with van der Waals surface area (Å²) in [5, 5.41) is 23.0. The average molecular weight is 586 g/mol. The van der Waals surface area contributed by atoms with Crippen molar-refractivity contribution in [3.63, 3.8) is 0 Å². The second-order valence-corrected chi connectivity index (χ2v) is 14.7. The van der Waals surface area contributed by atoms with Crippen molar-refractivity contribution in [2.24, 2.45) is 17.8 Å². The maximum atomic E-state index is 11.2. The second-order valence-electron chi connectivity index (χ2n) is 14.7. The number of imidazole rings is 1. The van der Waals surface area contributed by atoms with Gasteiger partial charge in [0.1, 0.15) is 29.7 Å². The van der Waals surface area contributed by atoms with E-state index in [-0.39, 0.29) is 17.4 Å². The zero-order valence-electron chi connectivity index (χ0n) is 25.8. The molecular formula is C34H47N7O2. The zero-order chi connectivity index (χ0) is 29.9. The molecule has 3 aliphatic carbocycles. The number of nitrogens with two attached hydrogens (primary N) is 1. The van der Waals surface area contributed by atoms with Crippen LogP contribution in [0, 0.1) is 17.8 Å². The topological polar surface area (TPSA) is 129 Å². The number of anilines is 1. The Morgan fingerprint density at radius 3 is 2.60 bits per heavy atom. The largest absolute Gasteiger partial charge is 0.390 e. The first-order chi connectivity index (χ1) is 20.6. The van der Waals surface area contributed by atoms with Crippen LogP contribution in [0.3, 0.4) is 0 Å². The molecule has 0 radical (unpaired) electrons. The van der Waals surface area contributed by atoms with Crippen molar-refractivity contribution in [2.75, 3.05) is 18.8 Å². The highest BCUT2D eigenvalue weighted by Gasteiger charge is 2.45. The molecule has 9 nitrogen and oxygen atoms in total. The lowest BCUT2D eigenvalue weighted by atomic mass is 9.76. The molecule has 1 aromatic carbocycles. The molecule has 3 heterocycles. The lowest BCUT2D eigenvalue weighted by molar-refractivity contribution is -0.0121. The van der Waals surface area contributed by atoms with Gasteiger partial charge in [0.05, 0.1) is 28.6 Å². The van der Waals surface area contributed by atoms with Crippen LogP contribution < -0.4 is 5.73 Å². The summed E-state index contributed by atoms with van der Waals surface area (Å²) in [6, 6.07) is 8.87. The van der Waals surface area contributed by atoms with Crippen molar-refractivity contribution < 1.29 is 10.2 Å². The Morgan fingerprint density at radius 2 is 1.84 bits per heavy atom. The number of benzene rings is 1. The van der Waals surface area contributed by atoms with Crippen LogP contribution in [-0.2, 0) is 11.8 Å². The predicted octanol–water partition coefficient (Wildman–Crippen LogP) is 4.98. The number of rotatable bonds is 10. The highest BCUT2D eigenvalue weighted by molar-refractivity contribution is 5.86. The molecule has 0 saturated heterocycles. The number of hydrogen-bond donors (Lipinski definition) is 4. The van der Waals surface area contributed by atoms with Crippen LogP contribution in [0.25, 0.3) is 22.1 Å². The van der Waals surface area contributed by atoms with Crippen LogP contribution >= 0.6 is 0 Å². The molecule has 0 amide bonds. The first-order valence-electron chi connectivity index (χ1n) is 16.3. The third kappa shape index (κ3) is 5.79. The molecule has 3 saturated carbocycles. The molecule has 7 rings (SSSR count). The fourth-order valence-corrected chi connectivity index (χ4v) is 7.56. The number of nitrogen functional groups attached to an aromatic ring is 1. The van der Waals surface area contributed by atoms with Gasteiger partial charge in [-0.3, -0.25) is 4.90 Å². The maximum Gasteiger partial charge on any atom is 0.145 e. The number of H-pyrrole nitrogens is 1. The van der Waals surface area contributed by atoms with Crippen molar-refractivity contribution in [1.82, 2.24) is 29.4 Å². The smallest absolute Gasteiger partial charge is 0.145 e. The van der Waals surface area contributed by atoms with E-state index in [2.05, 4.69) is 58.8 Å². The Balaban J connectivity index is 0.937. The third-order valence-electron chi connectivity index (χ3n) is 10.5. The molecular weight excluding hydrogens is 538 g/mol. The van der Waals surface area contributed by atoms with Crippen LogP contribution in [0.5, 0.6) is 0 Å². The summed E-state index contributed by atoms with van der Waals surface area (Å²) in [5.41, 5.74) is 10.4. The molecule has 9 heteroatoms. The van der Waals surface area contributed by atoms with Gasteiger partial charge < -0.3 is 25.5 Å². The fourth-order valence-electron chi connectivity index (χ4n) is 7.56. The lowest BCUT2D eigenvalue weighted by Crippen LogP contribution is -2.48. The van der Waals surface area contributed by atoms with Gasteiger partial charge in [0.25, 0.3) is 0 Å². The molecule has 3 aliphatic rings. The van der Waals surface area contributed by atoms with E-state index in [1.165, 1.54) is 44.0 Å². The van der Waals surface area contributed by atoms with Crippen LogP contribution in [-0.4, -0.2) is 71.0 Å². The summed E-state index contributed by atoms with van der Waals surface area (Å²) in [6.07, 6.45) is 11.0. The molecule has 3 aromatic heterocycles.